The summed E-state index contributed by atoms with van der Waals surface area (Å²) in [5.74, 6) is 1.08. The molecule has 0 saturated heterocycles. The first-order valence-electron chi connectivity index (χ1n) is 6.20. The first-order chi connectivity index (χ1) is 9.78. The summed E-state index contributed by atoms with van der Waals surface area (Å²) in [5.41, 5.74) is 4.95. The number of hydrogen-bond donors (Lipinski definition) is 2. The first kappa shape index (κ1) is 12.9. The van der Waals surface area contributed by atoms with E-state index in [1.54, 1.807) is 31.0 Å². The van der Waals surface area contributed by atoms with Crippen LogP contribution in [0.25, 0.3) is 0 Å². The summed E-state index contributed by atoms with van der Waals surface area (Å²) < 4.78 is 5.15. The first-order valence-corrected chi connectivity index (χ1v) is 7.08. The fourth-order valence-corrected chi connectivity index (χ4v) is 3.01. The van der Waals surface area contributed by atoms with E-state index < -0.39 is 0 Å². The Morgan fingerprint density at radius 1 is 1.15 bits per heavy atom. The zero-order valence-corrected chi connectivity index (χ0v) is 11.7. The molecule has 1 heterocycles. The molecule has 0 radical (unpaired) electrons. The van der Waals surface area contributed by atoms with Gasteiger partial charge in [0.15, 0.2) is 0 Å². The number of ether oxygens (including phenoxy) is 1. The van der Waals surface area contributed by atoms with Crippen LogP contribution in [-0.4, -0.2) is 17.3 Å². The molecule has 102 valence electrons. The van der Waals surface area contributed by atoms with Gasteiger partial charge in [-0.15, -0.1) is 0 Å². The zero-order valence-electron chi connectivity index (χ0n) is 10.9. The van der Waals surface area contributed by atoms with Crippen LogP contribution in [0.15, 0.2) is 53.6 Å². The summed E-state index contributed by atoms with van der Waals surface area (Å²) in [5, 5.41) is 15.0. The molecule has 0 saturated carbocycles. The SMILES string of the molecule is COc1ccc([C@H]2NN=C(c3ccccc3O)S2)cc1. The lowest BCUT2D eigenvalue weighted by Crippen LogP contribution is -2.06. The van der Waals surface area contributed by atoms with Crippen LogP contribution in [0.1, 0.15) is 16.5 Å². The van der Waals surface area contributed by atoms with Crippen molar-refractivity contribution in [2.45, 2.75) is 5.37 Å². The van der Waals surface area contributed by atoms with Crippen LogP contribution >= 0.6 is 11.8 Å². The number of benzene rings is 2. The molecule has 0 aliphatic carbocycles. The minimum atomic E-state index is 0.0514. The molecule has 1 aliphatic rings. The van der Waals surface area contributed by atoms with Gasteiger partial charge in [-0.3, -0.25) is 5.43 Å². The number of phenolic OH excluding ortho intramolecular Hbond substituents is 1. The van der Waals surface area contributed by atoms with Crippen LogP contribution in [0.4, 0.5) is 0 Å². The average Bonchev–Trinajstić information content (AvgIpc) is 2.97. The van der Waals surface area contributed by atoms with E-state index in [0.717, 1.165) is 21.9 Å². The Balaban J connectivity index is 1.77. The lowest BCUT2D eigenvalue weighted by Gasteiger charge is -2.10. The minimum absolute atomic E-state index is 0.0514. The number of phenols is 1. The quantitative estimate of drug-likeness (QED) is 0.910. The van der Waals surface area contributed by atoms with E-state index in [2.05, 4.69) is 10.5 Å². The largest absolute Gasteiger partial charge is 0.507 e. The van der Waals surface area contributed by atoms with Gasteiger partial charge in [0.05, 0.1) is 12.7 Å². The van der Waals surface area contributed by atoms with Gasteiger partial charge in [0.1, 0.15) is 21.9 Å². The van der Waals surface area contributed by atoms with Crippen LogP contribution < -0.4 is 10.2 Å². The van der Waals surface area contributed by atoms with Gasteiger partial charge in [-0.05, 0) is 29.8 Å². The third-order valence-electron chi connectivity index (χ3n) is 3.07. The topological polar surface area (TPSA) is 53.8 Å². The highest BCUT2D eigenvalue weighted by Crippen LogP contribution is 2.36. The van der Waals surface area contributed by atoms with E-state index in [1.807, 2.05) is 36.4 Å². The van der Waals surface area contributed by atoms with Crippen molar-refractivity contribution < 1.29 is 9.84 Å². The molecule has 5 heteroatoms. The van der Waals surface area contributed by atoms with Gasteiger partial charge in [-0.25, -0.2) is 0 Å². The summed E-state index contributed by atoms with van der Waals surface area (Å²) in [7, 11) is 1.65. The fourth-order valence-electron chi connectivity index (χ4n) is 1.98. The third kappa shape index (κ3) is 2.44. The second-order valence-corrected chi connectivity index (χ2v) is 5.43. The van der Waals surface area contributed by atoms with Crippen molar-refractivity contribution in [3.8, 4) is 11.5 Å². The number of rotatable bonds is 3. The molecule has 2 aromatic carbocycles. The molecular weight excluding hydrogens is 272 g/mol. The van der Waals surface area contributed by atoms with Gasteiger partial charge in [0.25, 0.3) is 0 Å². The van der Waals surface area contributed by atoms with Crippen molar-refractivity contribution in [1.82, 2.24) is 5.43 Å². The van der Waals surface area contributed by atoms with Crippen LogP contribution in [-0.2, 0) is 0 Å². The normalized spacial score (nSPS) is 17.4. The number of hydrazone groups is 1. The van der Waals surface area contributed by atoms with E-state index in [9.17, 15) is 5.11 Å². The molecule has 3 rings (SSSR count). The van der Waals surface area contributed by atoms with Crippen molar-refractivity contribution >= 4 is 16.8 Å². The van der Waals surface area contributed by atoms with Crippen LogP contribution in [0.3, 0.4) is 0 Å². The summed E-state index contributed by atoms with van der Waals surface area (Å²) >= 11 is 1.58. The molecule has 1 aliphatic heterocycles. The molecule has 0 unspecified atom stereocenters. The van der Waals surface area contributed by atoms with Gasteiger partial charge in [-0.2, -0.15) is 5.10 Å². The van der Waals surface area contributed by atoms with Crippen LogP contribution in [0.5, 0.6) is 11.5 Å². The highest BCUT2D eigenvalue weighted by atomic mass is 32.2. The molecule has 4 nitrogen and oxygen atoms in total. The third-order valence-corrected chi connectivity index (χ3v) is 4.21. The Bertz CT molecular complexity index is 641. The number of nitrogens with one attached hydrogen (secondary N) is 1. The van der Waals surface area contributed by atoms with E-state index >= 15 is 0 Å². The van der Waals surface area contributed by atoms with Gasteiger partial charge in [0, 0.05) is 0 Å². The van der Waals surface area contributed by atoms with Crippen LogP contribution in [0, 0.1) is 0 Å². The second-order valence-electron chi connectivity index (χ2n) is 4.33. The predicted molar refractivity (Wildman–Crippen MR) is 81.1 cm³/mol. The molecule has 2 aromatic rings. The Morgan fingerprint density at radius 3 is 2.60 bits per heavy atom. The summed E-state index contributed by atoms with van der Waals surface area (Å²) in [6.45, 7) is 0. The monoisotopic (exact) mass is 286 g/mol. The van der Waals surface area contributed by atoms with Crippen molar-refractivity contribution in [3.05, 3.63) is 59.7 Å². The van der Waals surface area contributed by atoms with E-state index in [1.165, 1.54) is 0 Å². The maximum atomic E-state index is 9.86. The number of hydrogen-bond acceptors (Lipinski definition) is 5. The number of para-hydroxylation sites is 1. The highest BCUT2D eigenvalue weighted by molar-refractivity contribution is 8.14. The summed E-state index contributed by atoms with van der Waals surface area (Å²) in [6.07, 6.45) is 0. The molecule has 0 aromatic heterocycles. The molecule has 0 spiro atoms. The van der Waals surface area contributed by atoms with Crippen molar-refractivity contribution in [2.75, 3.05) is 7.11 Å². The molecule has 0 bridgehead atoms. The molecule has 0 fully saturated rings. The van der Waals surface area contributed by atoms with Crippen molar-refractivity contribution in [3.63, 3.8) is 0 Å². The Morgan fingerprint density at radius 2 is 1.90 bits per heavy atom. The van der Waals surface area contributed by atoms with Crippen molar-refractivity contribution in [1.29, 1.82) is 0 Å². The maximum absolute atomic E-state index is 9.86. The smallest absolute Gasteiger partial charge is 0.129 e. The minimum Gasteiger partial charge on any atom is -0.507 e. The predicted octanol–water partition coefficient (Wildman–Crippen LogP) is 3.10. The summed E-state index contributed by atoms with van der Waals surface area (Å²) in [4.78, 5) is 0. The van der Waals surface area contributed by atoms with E-state index in [0.29, 0.717) is 0 Å². The Labute approximate surface area is 121 Å². The molecule has 0 amide bonds. The van der Waals surface area contributed by atoms with Gasteiger partial charge in [-0.1, -0.05) is 36.0 Å². The lowest BCUT2D eigenvalue weighted by molar-refractivity contribution is 0.414. The Kier molecular flexibility index (Phi) is 3.52. The van der Waals surface area contributed by atoms with Gasteiger partial charge < -0.3 is 9.84 Å². The highest BCUT2D eigenvalue weighted by Gasteiger charge is 2.23. The molecule has 1 atom stereocenters. The summed E-state index contributed by atoms with van der Waals surface area (Å²) in [6, 6.07) is 15.1. The molecule has 2 N–H and O–H groups in total. The zero-order chi connectivity index (χ0) is 13.9. The maximum Gasteiger partial charge on any atom is 0.129 e. The van der Waals surface area contributed by atoms with Crippen molar-refractivity contribution in [2.24, 2.45) is 5.10 Å². The standard InChI is InChI=1S/C15H14N2O2S/c1-19-11-8-6-10(7-9-11)14-16-17-15(20-14)12-4-2-3-5-13(12)18/h2-9,14,16,18H,1H3/t14-/m0/s1. The average molecular weight is 286 g/mol. The van der Waals surface area contributed by atoms with Gasteiger partial charge in [0.2, 0.25) is 0 Å². The molecule has 20 heavy (non-hydrogen) atoms. The number of methoxy groups -OCH3 is 1. The van der Waals surface area contributed by atoms with Gasteiger partial charge >= 0.3 is 0 Å². The van der Waals surface area contributed by atoms with E-state index in [4.69, 9.17) is 4.74 Å². The fraction of sp³-hybridized carbons (Fsp3) is 0.133. The number of nitrogens with zero attached hydrogens (tertiary/aromatic N) is 1. The van der Waals surface area contributed by atoms with E-state index in [-0.39, 0.29) is 11.1 Å². The number of aromatic hydroxyl groups is 1. The lowest BCUT2D eigenvalue weighted by atomic mass is 10.2. The second kappa shape index (κ2) is 5.46. The van der Waals surface area contributed by atoms with Crippen LogP contribution in [0.2, 0.25) is 0 Å². The Hall–Kier alpha value is -2.14. The molecular formula is C15H14N2O2S. The number of thioether (sulfide) groups is 1.